The minimum atomic E-state index is 0.248. The van der Waals surface area contributed by atoms with E-state index in [0.717, 1.165) is 19.0 Å². The minimum absolute atomic E-state index is 0.248. The predicted molar refractivity (Wildman–Crippen MR) is 87.1 cm³/mol. The summed E-state index contributed by atoms with van der Waals surface area (Å²) in [5.74, 6) is 0. The van der Waals surface area contributed by atoms with E-state index in [2.05, 4.69) is 61.7 Å². The molecule has 0 aromatic heterocycles. The van der Waals surface area contributed by atoms with Gasteiger partial charge in [-0.25, -0.2) is 0 Å². The standard InChI is InChI=1S/C18H30N2/c1-18(2,3)20-17-11-9-16(10-12-17)19-14-13-15-7-5-4-6-8-15/h4-8,16-17,19-20H,9-14H2,1-3H3. The van der Waals surface area contributed by atoms with Crippen LogP contribution in [0.1, 0.15) is 52.0 Å². The van der Waals surface area contributed by atoms with E-state index in [-0.39, 0.29) is 5.54 Å². The maximum Gasteiger partial charge on any atom is 0.00990 e. The van der Waals surface area contributed by atoms with E-state index in [1.165, 1.54) is 31.2 Å². The van der Waals surface area contributed by atoms with Crippen molar-refractivity contribution in [2.45, 2.75) is 70.5 Å². The summed E-state index contributed by atoms with van der Waals surface area (Å²) in [6.07, 6.45) is 6.37. The highest BCUT2D eigenvalue weighted by atomic mass is 15.0. The van der Waals surface area contributed by atoms with Crippen molar-refractivity contribution < 1.29 is 0 Å². The molecule has 1 aromatic rings. The summed E-state index contributed by atoms with van der Waals surface area (Å²) >= 11 is 0. The molecule has 1 saturated carbocycles. The molecule has 0 spiro atoms. The third-order valence-corrected chi connectivity index (χ3v) is 4.05. The lowest BCUT2D eigenvalue weighted by atomic mass is 9.89. The van der Waals surface area contributed by atoms with Crippen molar-refractivity contribution in [3.63, 3.8) is 0 Å². The molecule has 2 N–H and O–H groups in total. The van der Waals surface area contributed by atoms with E-state index in [0.29, 0.717) is 6.04 Å². The summed E-state index contributed by atoms with van der Waals surface area (Å²) in [6.45, 7) is 7.89. The van der Waals surface area contributed by atoms with Crippen molar-refractivity contribution >= 4 is 0 Å². The maximum absolute atomic E-state index is 3.73. The van der Waals surface area contributed by atoms with E-state index in [4.69, 9.17) is 0 Å². The Morgan fingerprint density at radius 3 is 2.15 bits per heavy atom. The van der Waals surface area contributed by atoms with Crippen LogP contribution in [0.15, 0.2) is 30.3 Å². The Hall–Kier alpha value is -0.860. The second-order valence-electron chi connectivity index (χ2n) is 7.13. The van der Waals surface area contributed by atoms with Gasteiger partial charge in [-0.3, -0.25) is 0 Å². The molecule has 0 bridgehead atoms. The lowest BCUT2D eigenvalue weighted by molar-refractivity contribution is 0.262. The zero-order valence-electron chi connectivity index (χ0n) is 13.3. The van der Waals surface area contributed by atoms with Gasteiger partial charge in [0.1, 0.15) is 0 Å². The average Bonchev–Trinajstić information content (AvgIpc) is 2.40. The van der Waals surface area contributed by atoms with Gasteiger partial charge in [-0.2, -0.15) is 0 Å². The molecule has 0 aliphatic heterocycles. The van der Waals surface area contributed by atoms with E-state index in [1.807, 2.05) is 0 Å². The van der Waals surface area contributed by atoms with Gasteiger partial charge in [-0.15, -0.1) is 0 Å². The molecular formula is C18H30N2. The lowest BCUT2D eigenvalue weighted by Gasteiger charge is -2.34. The SMILES string of the molecule is CC(C)(C)NC1CCC(NCCc2ccccc2)CC1. The molecule has 20 heavy (non-hydrogen) atoms. The van der Waals surface area contributed by atoms with Gasteiger partial charge in [0.15, 0.2) is 0 Å². The van der Waals surface area contributed by atoms with E-state index in [9.17, 15) is 0 Å². The van der Waals surface area contributed by atoms with Crippen LogP contribution in [0.5, 0.6) is 0 Å². The van der Waals surface area contributed by atoms with Crippen molar-refractivity contribution in [1.29, 1.82) is 0 Å². The number of hydrogen-bond acceptors (Lipinski definition) is 2. The van der Waals surface area contributed by atoms with Crippen molar-refractivity contribution in [3.05, 3.63) is 35.9 Å². The topological polar surface area (TPSA) is 24.1 Å². The van der Waals surface area contributed by atoms with Gasteiger partial charge < -0.3 is 10.6 Å². The van der Waals surface area contributed by atoms with Crippen LogP contribution in [0.25, 0.3) is 0 Å². The van der Waals surface area contributed by atoms with Gasteiger partial charge in [-0.05, 0) is 65.0 Å². The molecule has 0 radical (unpaired) electrons. The molecule has 2 heteroatoms. The third-order valence-electron chi connectivity index (χ3n) is 4.05. The number of benzene rings is 1. The van der Waals surface area contributed by atoms with Crippen LogP contribution in [0.3, 0.4) is 0 Å². The smallest absolute Gasteiger partial charge is 0.00990 e. The fraction of sp³-hybridized carbons (Fsp3) is 0.667. The molecule has 0 unspecified atom stereocenters. The first-order valence-corrected chi connectivity index (χ1v) is 8.08. The first-order valence-electron chi connectivity index (χ1n) is 8.08. The van der Waals surface area contributed by atoms with Crippen molar-refractivity contribution in [2.75, 3.05) is 6.54 Å². The van der Waals surface area contributed by atoms with Crippen LogP contribution in [-0.2, 0) is 6.42 Å². The van der Waals surface area contributed by atoms with E-state index in [1.54, 1.807) is 0 Å². The molecule has 2 rings (SSSR count). The lowest BCUT2D eigenvalue weighted by Crippen LogP contribution is -2.47. The Kier molecular flexibility index (Phi) is 5.62. The molecule has 1 aliphatic rings. The molecule has 2 nitrogen and oxygen atoms in total. The molecule has 0 amide bonds. The first-order chi connectivity index (χ1) is 9.53. The maximum atomic E-state index is 3.73. The Balaban J connectivity index is 1.62. The van der Waals surface area contributed by atoms with Crippen LogP contribution in [-0.4, -0.2) is 24.2 Å². The van der Waals surface area contributed by atoms with Crippen LogP contribution in [0.4, 0.5) is 0 Å². The number of nitrogens with one attached hydrogen (secondary N) is 2. The van der Waals surface area contributed by atoms with Gasteiger partial charge in [0.05, 0.1) is 0 Å². The fourth-order valence-electron chi connectivity index (χ4n) is 3.12. The molecule has 0 heterocycles. The van der Waals surface area contributed by atoms with Crippen LogP contribution >= 0.6 is 0 Å². The summed E-state index contributed by atoms with van der Waals surface area (Å²) in [4.78, 5) is 0. The average molecular weight is 274 g/mol. The monoisotopic (exact) mass is 274 g/mol. The minimum Gasteiger partial charge on any atom is -0.314 e. The van der Waals surface area contributed by atoms with Gasteiger partial charge in [0.2, 0.25) is 0 Å². The zero-order valence-corrected chi connectivity index (χ0v) is 13.3. The summed E-state index contributed by atoms with van der Waals surface area (Å²) in [5.41, 5.74) is 1.68. The van der Waals surface area contributed by atoms with Crippen molar-refractivity contribution in [2.24, 2.45) is 0 Å². The quantitative estimate of drug-likeness (QED) is 0.858. The first kappa shape index (κ1) is 15.5. The summed E-state index contributed by atoms with van der Waals surface area (Å²) in [7, 11) is 0. The normalized spacial score (nSPS) is 23.8. The van der Waals surface area contributed by atoms with E-state index >= 15 is 0 Å². The highest BCUT2D eigenvalue weighted by Gasteiger charge is 2.23. The third kappa shape index (κ3) is 5.64. The Morgan fingerprint density at radius 1 is 0.950 bits per heavy atom. The molecule has 1 aliphatic carbocycles. The van der Waals surface area contributed by atoms with Crippen LogP contribution in [0, 0.1) is 0 Å². The van der Waals surface area contributed by atoms with Gasteiger partial charge >= 0.3 is 0 Å². The molecule has 0 saturated heterocycles. The molecular weight excluding hydrogens is 244 g/mol. The molecule has 1 aromatic carbocycles. The highest BCUT2D eigenvalue weighted by molar-refractivity contribution is 5.14. The predicted octanol–water partition coefficient (Wildman–Crippen LogP) is 3.52. The Labute approximate surface area is 124 Å². The summed E-state index contributed by atoms with van der Waals surface area (Å²) in [6, 6.07) is 12.2. The Bertz CT molecular complexity index is 372. The molecule has 0 atom stereocenters. The van der Waals surface area contributed by atoms with Crippen molar-refractivity contribution in [3.8, 4) is 0 Å². The second kappa shape index (κ2) is 7.24. The summed E-state index contributed by atoms with van der Waals surface area (Å²) < 4.78 is 0. The van der Waals surface area contributed by atoms with Crippen molar-refractivity contribution in [1.82, 2.24) is 10.6 Å². The van der Waals surface area contributed by atoms with Gasteiger partial charge in [0, 0.05) is 17.6 Å². The van der Waals surface area contributed by atoms with E-state index < -0.39 is 0 Å². The second-order valence-corrected chi connectivity index (χ2v) is 7.13. The number of hydrogen-bond donors (Lipinski definition) is 2. The van der Waals surface area contributed by atoms with Gasteiger partial charge in [0.25, 0.3) is 0 Å². The molecule has 1 fully saturated rings. The largest absolute Gasteiger partial charge is 0.314 e. The zero-order chi connectivity index (χ0) is 14.4. The Morgan fingerprint density at radius 2 is 1.55 bits per heavy atom. The number of rotatable bonds is 5. The fourth-order valence-corrected chi connectivity index (χ4v) is 3.12. The molecule has 112 valence electrons. The van der Waals surface area contributed by atoms with Crippen LogP contribution < -0.4 is 10.6 Å². The highest BCUT2D eigenvalue weighted by Crippen LogP contribution is 2.20. The van der Waals surface area contributed by atoms with Crippen LogP contribution in [0.2, 0.25) is 0 Å². The summed E-state index contributed by atoms with van der Waals surface area (Å²) in [5, 5.41) is 7.46. The van der Waals surface area contributed by atoms with Gasteiger partial charge in [-0.1, -0.05) is 30.3 Å².